The summed E-state index contributed by atoms with van der Waals surface area (Å²) in [5, 5.41) is 3.43. The van der Waals surface area contributed by atoms with E-state index in [9.17, 15) is 4.39 Å². The number of hydrogen-bond acceptors (Lipinski definition) is 2. The van der Waals surface area contributed by atoms with Crippen molar-refractivity contribution in [3.05, 3.63) is 35.6 Å². The van der Waals surface area contributed by atoms with E-state index in [0.29, 0.717) is 5.41 Å². The molecule has 0 aromatic heterocycles. The standard InChI is InChI=1S/C15H21FN2.ClH/c16-14-4-2-1-3-13(14)11-18-10-7-15(12-18)5-8-17-9-6-15;/h1-4,17H,5-12H2;1H. The highest BCUT2D eigenvalue weighted by molar-refractivity contribution is 5.85. The van der Waals surface area contributed by atoms with Crippen molar-refractivity contribution < 1.29 is 4.39 Å². The highest BCUT2D eigenvalue weighted by atomic mass is 35.5. The molecule has 2 aliphatic rings. The van der Waals surface area contributed by atoms with Crippen LogP contribution in [0.2, 0.25) is 0 Å². The van der Waals surface area contributed by atoms with Crippen LogP contribution in [0.15, 0.2) is 24.3 Å². The minimum Gasteiger partial charge on any atom is -0.317 e. The molecule has 0 bridgehead atoms. The number of hydrogen-bond donors (Lipinski definition) is 1. The summed E-state index contributed by atoms with van der Waals surface area (Å²) in [6, 6.07) is 7.15. The summed E-state index contributed by atoms with van der Waals surface area (Å²) in [4.78, 5) is 2.42. The van der Waals surface area contributed by atoms with Crippen LogP contribution in [-0.4, -0.2) is 31.1 Å². The molecule has 1 aromatic carbocycles. The fourth-order valence-electron chi connectivity index (χ4n) is 3.40. The van der Waals surface area contributed by atoms with Crippen LogP contribution in [0, 0.1) is 11.2 Å². The van der Waals surface area contributed by atoms with Gasteiger partial charge in [-0.25, -0.2) is 4.39 Å². The molecule has 2 aliphatic heterocycles. The molecule has 19 heavy (non-hydrogen) atoms. The van der Waals surface area contributed by atoms with Gasteiger partial charge in [0.15, 0.2) is 0 Å². The van der Waals surface area contributed by atoms with E-state index in [0.717, 1.165) is 38.3 Å². The number of nitrogens with zero attached hydrogens (tertiary/aromatic N) is 1. The van der Waals surface area contributed by atoms with Gasteiger partial charge in [0.2, 0.25) is 0 Å². The lowest BCUT2D eigenvalue weighted by Gasteiger charge is -2.33. The molecule has 3 rings (SSSR count). The largest absolute Gasteiger partial charge is 0.317 e. The molecule has 106 valence electrons. The predicted octanol–water partition coefficient (Wildman–Crippen LogP) is 2.82. The van der Waals surface area contributed by atoms with E-state index in [-0.39, 0.29) is 18.2 Å². The van der Waals surface area contributed by atoms with Crippen molar-refractivity contribution in [3.63, 3.8) is 0 Å². The third-order valence-electron chi connectivity index (χ3n) is 4.53. The first-order valence-electron chi connectivity index (χ1n) is 6.94. The van der Waals surface area contributed by atoms with E-state index in [4.69, 9.17) is 0 Å². The number of nitrogens with one attached hydrogen (secondary N) is 1. The molecule has 2 fully saturated rings. The molecule has 1 spiro atoms. The van der Waals surface area contributed by atoms with Crippen molar-refractivity contribution in [2.24, 2.45) is 5.41 Å². The molecule has 0 atom stereocenters. The topological polar surface area (TPSA) is 15.3 Å². The lowest BCUT2D eigenvalue weighted by molar-refractivity contribution is 0.193. The van der Waals surface area contributed by atoms with Crippen molar-refractivity contribution in [1.82, 2.24) is 10.2 Å². The van der Waals surface area contributed by atoms with Gasteiger partial charge in [0, 0.05) is 18.7 Å². The van der Waals surface area contributed by atoms with E-state index in [2.05, 4.69) is 10.2 Å². The lowest BCUT2D eigenvalue weighted by Crippen LogP contribution is -2.38. The average Bonchev–Trinajstić information content (AvgIpc) is 2.76. The maximum Gasteiger partial charge on any atom is 0.127 e. The van der Waals surface area contributed by atoms with E-state index in [1.54, 1.807) is 12.1 Å². The normalized spacial score (nSPS) is 22.4. The van der Waals surface area contributed by atoms with Gasteiger partial charge in [-0.05, 0) is 50.4 Å². The summed E-state index contributed by atoms with van der Waals surface area (Å²) < 4.78 is 13.6. The Kier molecular flexibility index (Phi) is 4.82. The molecule has 0 amide bonds. The Morgan fingerprint density at radius 3 is 2.63 bits per heavy atom. The molecule has 2 nitrogen and oxygen atoms in total. The number of piperidine rings is 1. The monoisotopic (exact) mass is 284 g/mol. The van der Waals surface area contributed by atoms with Crippen LogP contribution in [0.4, 0.5) is 4.39 Å². The first kappa shape index (κ1) is 14.8. The summed E-state index contributed by atoms with van der Waals surface area (Å²) in [6.45, 7) is 5.32. The summed E-state index contributed by atoms with van der Waals surface area (Å²) in [6.07, 6.45) is 3.84. The van der Waals surface area contributed by atoms with Gasteiger partial charge >= 0.3 is 0 Å². The first-order valence-corrected chi connectivity index (χ1v) is 6.94. The van der Waals surface area contributed by atoms with Crippen LogP contribution >= 0.6 is 12.4 Å². The van der Waals surface area contributed by atoms with Crippen molar-refractivity contribution in [2.75, 3.05) is 26.2 Å². The fourth-order valence-corrected chi connectivity index (χ4v) is 3.40. The molecule has 0 unspecified atom stereocenters. The van der Waals surface area contributed by atoms with Gasteiger partial charge in [0.05, 0.1) is 0 Å². The molecule has 0 aliphatic carbocycles. The van der Waals surface area contributed by atoms with Gasteiger partial charge in [-0.1, -0.05) is 18.2 Å². The molecule has 2 saturated heterocycles. The van der Waals surface area contributed by atoms with Crippen LogP contribution < -0.4 is 5.32 Å². The maximum atomic E-state index is 13.6. The zero-order chi connectivity index (χ0) is 12.4. The summed E-state index contributed by atoms with van der Waals surface area (Å²) in [7, 11) is 0. The predicted molar refractivity (Wildman–Crippen MR) is 78.1 cm³/mol. The fraction of sp³-hybridized carbons (Fsp3) is 0.600. The summed E-state index contributed by atoms with van der Waals surface area (Å²) in [5.41, 5.74) is 1.35. The van der Waals surface area contributed by atoms with Gasteiger partial charge in [0.25, 0.3) is 0 Å². The second-order valence-electron chi connectivity index (χ2n) is 5.80. The molecule has 1 aromatic rings. The van der Waals surface area contributed by atoms with Gasteiger partial charge in [0.1, 0.15) is 5.82 Å². The van der Waals surface area contributed by atoms with Gasteiger partial charge in [-0.15, -0.1) is 12.4 Å². The van der Waals surface area contributed by atoms with Gasteiger partial charge in [-0.3, -0.25) is 4.90 Å². The first-order chi connectivity index (χ1) is 8.77. The second-order valence-corrected chi connectivity index (χ2v) is 5.80. The molecular formula is C15H22ClFN2. The zero-order valence-corrected chi connectivity index (χ0v) is 12.0. The average molecular weight is 285 g/mol. The SMILES string of the molecule is Cl.Fc1ccccc1CN1CCC2(CCNCC2)C1. The number of halogens is 2. The van der Waals surface area contributed by atoms with Crippen LogP contribution in [-0.2, 0) is 6.54 Å². The number of rotatable bonds is 2. The van der Waals surface area contributed by atoms with Crippen LogP contribution in [0.3, 0.4) is 0 Å². The maximum absolute atomic E-state index is 13.6. The van der Waals surface area contributed by atoms with Crippen LogP contribution in [0.25, 0.3) is 0 Å². The third kappa shape index (κ3) is 3.28. The molecule has 4 heteroatoms. The van der Waals surface area contributed by atoms with E-state index in [1.165, 1.54) is 19.3 Å². The Morgan fingerprint density at radius 1 is 1.16 bits per heavy atom. The summed E-state index contributed by atoms with van der Waals surface area (Å²) in [5.74, 6) is -0.0660. The Labute approximate surface area is 120 Å². The third-order valence-corrected chi connectivity index (χ3v) is 4.53. The van der Waals surface area contributed by atoms with Crippen molar-refractivity contribution in [2.45, 2.75) is 25.8 Å². The van der Waals surface area contributed by atoms with Gasteiger partial charge < -0.3 is 5.32 Å². The van der Waals surface area contributed by atoms with E-state index >= 15 is 0 Å². The minimum atomic E-state index is -0.0660. The van der Waals surface area contributed by atoms with Crippen LogP contribution in [0.1, 0.15) is 24.8 Å². The smallest absolute Gasteiger partial charge is 0.127 e. The molecule has 1 N–H and O–H groups in total. The lowest BCUT2D eigenvalue weighted by atomic mass is 9.78. The van der Waals surface area contributed by atoms with E-state index < -0.39 is 0 Å². The Balaban J connectivity index is 0.00000133. The van der Waals surface area contributed by atoms with Crippen LogP contribution in [0.5, 0.6) is 0 Å². The quantitative estimate of drug-likeness (QED) is 0.898. The highest BCUT2D eigenvalue weighted by Crippen LogP contribution is 2.39. The van der Waals surface area contributed by atoms with E-state index in [1.807, 2.05) is 12.1 Å². The highest BCUT2D eigenvalue weighted by Gasteiger charge is 2.38. The number of likely N-dealkylation sites (tertiary alicyclic amines) is 1. The molecule has 2 heterocycles. The summed E-state index contributed by atoms with van der Waals surface area (Å²) >= 11 is 0. The number of benzene rings is 1. The Hall–Kier alpha value is -0.640. The van der Waals surface area contributed by atoms with Gasteiger partial charge in [-0.2, -0.15) is 0 Å². The Morgan fingerprint density at radius 2 is 1.89 bits per heavy atom. The molecule has 0 radical (unpaired) electrons. The molecular weight excluding hydrogens is 263 g/mol. The van der Waals surface area contributed by atoms with Crippen molar-refractivity contribution in [3.8, 4) is 0 Å². The van der Waals surface area contributed by atoms with Crippen molar-refractivity contribution in [1.29, 1.82) is 0 Å². The molecule has 0 saturated carbocycles. The van der Waals surface area contributed by atoms with Crippen molar-refractivity contribution >= 4 is 12.4 Å². The minimum absolute atomic E-state index is 0. The second kappa shape index (κ2) is 6.21. The zero-order valence-electron chi connectivity index (χ0n) is 11.2. The Bertz CT molecular complexity index is 418.